The molecule has 0 aliphatic heterocycles. The smallest absolute Gasteiger partial charge is 0.337 e. The molecule has 0 aliphatic carbocycles. The standard InChI is InChI=1S/C31H29ClN2O7S/c1-2-3-17-40-24-11-14-27(15-12-24)42(38,39)34-30(35)19-21-5-4-6-25(18-21)41-26-13-16-29(28(20-26)31(36)37)33-23-9-7-22(32)8-10-23/h4-16,18,20,33H,2-3,17,19H2,1H3,(H,34,35)(H,36,37). The minimum atomic E-state index is -4.08. The van der Waals surface area contributed by atoms with Gasteiger partial charge in [-0.15, -0.1) is 0 Å². The Hall–Kier alpha value is -4.54. The molecule has 3 N–H and O–H groups in total. The van der Waals surface area contributed by atoms with Crippen molar-refractivity contribution in [1.29, 1.82) is 0 Å². The van der Waals surface area contributed by atoms with Crippen LogP contribution in [0.1, 0.15) is 35.7 Å². The zero-order valence-corrected chi connectivity index (χ0v) is 24.2. The first-order valence-electron chi connectivity index (χ1n) is 13.1. The average molecular weight is 609 g/mol. The normalized spacial score (nSPS) is 11.0. The van der Waals surface area contributed by atoms with Crippen molar-refractivity contribution in [3.8, 4) is 17.2 Å². The number of hydrogen-bond acceptors (Lipinski definition) is 7. The highest BCUT2D eigenvalue weighted by molar-refractivity contribution is 7.90. The summed E-state index contributed by atoms with van der Waals surface area (Å²) in [5, 5.41) is 13.3. The second-order valence-corrected chi connectivity index (χ2v) is 11.4. The maximum atomic E-state index is 12.7. The van der Waals surface area contributed by atoms with E-state index in [2.05, 4.69) is 10.0 Å². The minimum Gasteiger partial charge on any atom is -0.494 e. The van der Waals surface area contributed by atoms with Crippen LogP contribution in [0.3, 0.4) is 0 Å². The Morgan fingerprint density at radius 2 is 1.57 bits per heavy atom. The van der Waals surface area contributed by atoms with Crippen LogP contribution in [0.2, 0.25) is 5.02 Å². The van der Waals surface area contributed by atoms with Crippen molar-refractivity contribution >= 4 is 44.9 Å². The molecule has 0 aliphatic rings. The van der Waals surface area contributed by atoms with E-state index in [1.54, 1.807) is 72.8 Å². The molecule has 1 amide bonds. The second kappa shape index (κ2) is 13.9. The van der Waals surface area contributed by atoms with E-state index < -0.39 is 21.9 Å². The van der Waals surface area contributed by atoms with Gasteiger partial charge in [-0.25, -0.2) is 17.9 Å². The number of anilines is 2. The Labute approximate surface area is 249 Å². The molecule has 4 aromatic rings. The summed E-state index contributed by atoms with van der Waals surface area (Å²) < 4.78 is 38.9. The zero-order valence-electron chi connectivity index (χ0n) is 22.7. The average Bonchev–Trinajstić information content (AvgIpc) is 2.95. The zero-order chi connectivity index (χ0) is 30.1. The molecule has 0 atom stereocenters. The molecule has 11 heteroatoms. The van der Waals surface area contributed by atoms with Crippen LogP contribution in [0, 0.1) is 0 Å². The van der Waals surface area contributed by atoms with Crippen LogP contribution in [0.4, 0.5) is 11.4 Å². The molecule has 4 rings (SSSR count). The molecule has 0 unspecified atom stereocenters. The second-order valence-electron chi connectivity index (χ2n) is 9.27. The van der Waals surface area contributed by atoms with E-state index >= 15 is 0 Å². The van der Waals surface area contributed by atoms with Gasteiger partial charge in [0.15, 0.2) is 0 Å². The van der Waals surface area contributed by atoms with Crippen LogP contribution in [-0.4, -0.2) is 32.0 Å². The molecular weight excluding hydrogens is 580 g/mol. The molecule has 0 radical (unpaired) electrons. The molecule has 9 nitrogen and oxygen atoms in total. The first-order valence-corrected chi connectivity index (χ1v) is 14.9. The van der Waals surface area contributed by atoms with E-state index in [0.717, 1.165) is 12.8 Å². The number of ether oxygens (including phenoxy) is 2. The number of nitrogens with one attached hydrogen (secondary N) is 2. The number of benzene rings is 4. The lowest BCUT2D eigenvalue weighted by molar-refractivity contribution is -0.118. The topological polar surface area (TPSA) is 131 Å². The number of aromatic carboxylic acids is 1. The third kappa shape index (κ3) is 8.48. The highest BCUT2D eigenvalue weighted by Gasteiger charge is 2.18. The highest BCUT2D eigenvalue weighted by Crippen LogP contribution is 2.29. The van der Waals surface area contributed by atoms with E-state index in [-0.39, 0.29) is 22.6 Å². The molecule has 0 saturated carbocycles. The molecule has 0 saturated heterocycles. The van der Waals surface area contributed by atoms with Gasteiger partial charge in [-0.05, 0) is 90.8 Å². The molecule has 42 heavy (non-hydrogen) atoms. The number of carbonyl (C=O) groups excluding carboxylic acids is 1. The number of halogens is 1. The van der Waals surface area contributed by atoms with Gasteiger partial charge in [0.2, 0.25) is 5.91 Å². The van der Waals surface area contributed by atoms with Gasteiger partial charge in [-0.3, -0.25) is 4.79 Å². The van der Waals surface area contributed by atoms with Crippen molar-refractivity contribution in [2.75, 3.05) is 11.9 Å². The van der Waals surface area contributed by atoms with Crippen LogP contribution < -0.4 is 19.5 Å². The molecule has 0 bridgehead atoms. The fourth-order valence-corrected chi connectivity index (χ4v) is 5.01. The Morgan fingerprint density at radius 1 is 0.881 bits per heavy atom. The van der Waals surface area contributed by atoms with Crippen molar-refractivity contribution in [3.63, 3.8) is 0 Å². The van der Waals surface area contributed by atoms with Crippen LogP contribution in [0.25, 0.3) is 0 Å². The van der Waals surface area contributed by atoms with E-state index in [0.29, 0.717) is 40.1 Å². The van der Waals surface area contributed by atoms with Gasteiger partial charge in [0.05, 0.1) is 29.2 Å². The quantitative estimate of drug-likeness (QED) is 0.141. The number of amides is 1. The van der Waals surface area contributed by atoms with Crippen LogP contribution >= 0.6 is 11.6 Å². The van der Waals surface area contributed by atoms with Crippen molar-refractivity contribution in [2.45, 2.75) is 31.1 Å². The third-order valence-electron chi connectivity index (χ3n) is 5.99. The predicted octanol–water partition coefficient (Wildman–Crippen LogP) is 6.80. The van der Waals surface area contributed by atoms with Crippen LogP contribution in [-0.2, 0) is 21.2 Å². The fourth-order valence-electron chi connectivity index (χ4n) is 3.90. The summed E-state index contributed by atoms with van der Waals surface area (Å²) in [6, 6.07) is 23.8. The molecule has 218 valence electrons. The van der Waals surface area contributed by atoms with E-state index in [9.17, 15) is 23.1 Å². The fraction of sp³-hybridized carbons (Fsp3) is 0.161. The lowest BCUT2D eigenvalue weighted by Gasteiger charge is -2.13. The number of carbonyl (C=O) groups is 2. The third-order valence-corrected chi connectivity index (χ3v) is 7.63. The summed E-state index contributed by atoms with van der Waals surface area (Å²) in [7, 11) is -4.08. The van der Waals surface area contributed by atoms with Gasteiger partial charge in [0.25, 0.3) is 10.0 Å². The first-order chi connectivity index (χ1) is 20.1. The Kier molecular flexibility index (Phi) is 10.1. The molecule has 4 aromatic carbocycles. The van der Waals surface area contributed by atoms with E-state index in [4.69, 9.17) is 21.1 Å². The highest BCUT2D eigenvalue weighted by atomic mass is 35.5. The predicted molar refractivity (Wildman–Crippen MR) is 161 cm³/mol. The number of carboxylic acids is 1. The number of rotatable bonds is 13. The number of sulfonamides is 1. The largest absolute Gasteiger partial charge is 0.494 e. The van der Waals surface area contributed by atoms with Crippen molar-refractivity contribution in [3.05, 3.63) is 107 Å². The summed E-state index contributed by atoms with van der Waals surface area (Å²) in [5.74, 6) is -0.714. The lowest BCUT2D eigenvalue weighted by Crippen LogP contribution is -2.31. The monoisotopic (exact) mass is 608 g/mol. The summed E-state index contributed by atoms with van der Waals surface area (Å²) in [6.07, 6.45) is 1.65. The first kappa shape index (κ1) is 30.4. The summed E-state index contributed by atoms with van der Waals surface area (Å²) >= 11 is 5.92. The molecular formula is C31H29ClN2O7S. The number of carboxylic acid groups (broad SMARTS) is 1. The molecule has 0 aromatic heterocycles. The van der Waals surface area contributed by atoms with Crippen LogP contribution in [0.5, 0.6) is 17.2 Å². The summed E-state index contributed by atoms with van der Waals surface area (Å²) in [5.41, 5.74) is 1.52. The van der Waals surface area contributed by atoms with Crippen molar-refractivity contribution < 1.29 is 32.6 Å². The van der Waals surface area contributed by atoms with E-state index in [1.807, 2.05) is 6.92 Å². The van der Waals surface area contributed by atoms with Gasteiger partial charge < -0.3 is 19.9 Å². The van der Waals surface area contributed by atoms with Gasteiger partial charge in [-0.1, -0.05) is 37.1 Å². The number of hydrogen-bond donors (Lipinski definition) is 3. The Bertz CT molecular complexity index is 1660. The van der Waals surface area contributed by atoms with Crippen molar-refractivity contribution in [1.82, 2.24) is 4.72 Å². The maximum absolute atomic E-state index is 12.7. The van der Waals surface area contributed by atoms with Crippen LogP contribution in [0.15, 0.2) is 95.9 Å². The summed E-state index contributed by atoms with van der Waals surface area (Å²) in [4.78, 5) is 24.5. The lowest BCUT2D eigenvalue weighted by atomic mass is 10.1. The Morgan fingerprint density at radius 3 is 2.26 bits per heavy atom. The maximum Gasteiger partial charge on any atom is 0.337 e. The van der Waals surface area contributed by atoms with Crippen molar-refractivity contribution in [2.24, 2.45) is 0 Å². The SMILES string of the molecule is CCCCOc1ccc(S(=O)(=O)NC(=O)Cc2cccc(Oc3ccc(Nc4ccc(Cl)cc4)c(C(=O)O)c3)c2)cc1. The Balaban J connectivity index is 1.40. The molecule has 0 fully saturated rings. The molecule has 0 heterocycles. The van der Waals surface area contributed by atoms with E-state index in [1.165, 1.54) is 18.2 Å². The molecule has 0 spiro atoms. The van der Waals surface area contributed by atoms with Gasteiger partial charge in [-0.2, -0.15) is 0 Å². The summed E-state index contributed by atoms with van der Waals surface area (Å²) in [6.45, 7) is 2.58. The van der Waals surface area contributed by atoms with Gasteiger partial charge in [0.1, 0.15) is 17.2 Å². The number of unbranched alkanes of at least 4 members (excludes halogenated alkanes) is 1. The van der Waals surface area contributed by atoms with Gasteiger partial charge >= 0.3 is 5.97 Å². The van der Waals surface area contributed by atoms with Gasteiger partial charge in [0, 0.05) is 10.7 Å². The minimum absolute atomic E-state index is 0.0104.